The van der Waals surface area contributed by atoms with Gasteiger partial charge in [-0.3, -0.25) is 0 Å². The summed E-state index contributed by atoms with van der Waals surface area (Å²) >= 11 is 0. The Bertz CT molecular complexity index is 507. The maximum absolute atomic E-state index is 12.3. The van der Waals surface area contributed by atoms with E-state index in [2.05, 4.69) is 5.32 Å². The first-order valence-corrected chi connectivity index (χ1v) is 8.21. The summed E-state index contributed by atoms with van der Waals surface area (Å²) in [5, 5.41) is 3.11. The highest BCUT2D eigenvalue weighted by Crippen LogP contribution is 2.30. The van der Waals surface area contributed by atoms with E-state index in [0.29, 0.717) is 4.90 Å². The molecule has 0 bridgehead atoms. The number of hydrogen-bond acceptors (Lipinski definition) is 3. The van der Waals surface area contributed by atoms with Gasteiger partial charge in [0, 0.05) is 13.1 Å². The summed E-state index contributed by atoms with van der Waals surface area (Å²) in [6.45, 7) is 0.977. The van der Waals surface area contributed by atoms with Crippen LogP contribution >= 0.6 is 0 Å². The molecule has 1 fully saturated rings. The van der Waals surface area contributed by atoms with Crippen LogP contribution in [0.2, 0.25) is 0 Å². The zero-order valence-corrected chi connectivity index (χ0v) is 12.4. The van der Waals surface area contributed by atoms with Crippen LogP contribution in [0.3, 0.4) is 0 Å². The monoisotopic (exact) mass is 282 g/mol. The summed E-state index contributed by atoms with van der Waals surface area (Å²) in [6, 6.07) is 7.50. The van der Waals surface area contributed by atoms with Crippen LogP contribution < -0.4 is 5.32 Å². The molecular weight excluding hydrogens is 260 g/mol. The maximum atomic E-state index is 12.3. The fourth-order valence-corrected chi connectivity index (χ4v) is 3.51. The highest BCUT2D eigenvalue weighted by molar-refractivity contribution is 7.89. The molecule has 4 nitrogen and oxygen atoms in total. The number of aryl methyl sites for hydroxylation is 1. The van der Waals surface area contributed by atoms with Crippen molar-refractivity contribution in [2.45, 2.75) is 36.6 Å². The molecule has 0 radical (unpaired) electrons. The van der Waals surface area contributed by atoms with Gasteiger partial charge in [0.25, 0.3) is 0 Å². The first-order chi connectivity index (χ1) is 9.05. The zero-order valence-electron chi connectivity index (χ0n) is 11.6. The quantitative estimate of drug-likeness (QED) is 0.773. The molecule has 1 aromatic carbocycles. The molecule has 2 rings (SSSR count). The second-order valence-corrected chi connectivity index (χ2v) is 7.10. The standard InChI is InChI=1S/C14H22N2O2S/c1-15-11-3-4-12-5-9-14(10-6-12)19(17,18)16(2)13-7-8-13/h5-6,9-10,13,15H,3-4,7-8,11H2,1-2H3. The molecule has 0 heterocycles. The van der Waals surface area contributed by atoms with E-state index in [9.17, 15) is 8.42 Å². The lowest BCUT2D eigenvalue weighted by atomic mass is 10.1. The van der Waals surface area contributed by atoms with Crippen LogP contribution in [-0.2, 0) is 16.4 Å². The second-order valence-electron chi connectivity index (χ2n) is 5.10. The molecule has 106 valence electrons. The van der Waals surface area contributed by atoms with Crippen molar-refractivity contribution >= 4 is 10.0 Å². The van der Waals surface area contributed by atoms with Crippen molar-refractivity contribution in [3.8, 4) is 0 Å². The minimum absolute atomic E-state index is 0.209. The van der Waals surface area contributed by atoms with Crippen LogP contribution in [0.15, 0.2) is 29.2 Å². The molecule has 5 heteroatoms. The molecule has 0 saturated heterocycles. The summed E-state index contributed by atoms with van der Waals surface area (Å²) in [5.74, 6) is 0. The SMILES string of the molecule is CNCCCc1ccc(S(=O)(=O)N(C)C2CC2)cc1. The van der Waals surface area contributed by atoms with Gasteiger partial charge in [0.15, 0.2) is 0 Å². The highest BCUT2D eigenvalue weighted by Gasteiger charge is 2.34. The number of benzene rings is 1. The Morgan fingerprint density at radius 3 is 2.42 bits per heavy atom. The zero-order chi connectivity index (χ0) is 13.9. The largest absolute Gasteiger partial charge is 0.320 e. The molecule has 1 N–H and O–H groups in total. The van der Waals surface area contributed by atoms with Crippen LogP contribution in [0.1, 0.15) is 24.8 Å². The first kappa shape index (κ1) is 14.5. The van der Waals surface area contributed by atoms with Crippen molar-refractivity contribution in [2.24, 2.45) is 0 Å². The van der Waals surface area contributed by atoms with E-state index in [0.717, 1.165) is 32.2 Å². The van der Waals surface area contributed by atoms with E-state index < -0.39 is 10.0 Å². The molecule has 0 unspecified atom stereocenters. The van der Waals surface area contributed by atoms with Crippen LogP contribution in [0.25, 0.3) is 0 Å². The molecule has 1 saturated carbocycles. The number of nitrogens with zero attached hydrogens (tertiary/aromatic N) is 1. The van der Waals surface area contributed by atoms with Crippen molar-refractivity contribution in [1.82, 2.24) is 9.62 Å². The van der Waals surface area contributed by atoms with Crippen molar-refractivity contribution < 1.29 is 8.42 Å². The molecule has 1 aliphatic carbocycles. The van der Waals surface area contributed by atoms with Gasteiger partial charge < -0.3 is 5.32 Å². The Morgan fingerprint density at radius 1 is 1.26 bits per heavy atom. The number of rotatable bonds is 7. The van der Waals surface area contributed by atoms with Crippen molar-refractivity contribution in [1.29, 1.82) is 0 Å². The minimum Gasteiger partial charge on any atom is -0.320 e. The molecule has 0 spiro atoms. The Kier molecular flexibility index (Phi) is 4.60. The van der Waals surface area contributed by atoms with E-state index in [1.807, 2.05) is 19.2 Å². The number of sulfonamides is 1. The average molecular weight is 282 g/mol. The summed E-state index contributed by atoms with van der Waals surface area (Å²) in [7, 11) is 0.312. The molecule has 0 aliphatic heterocycles. The first-order valence-electron chi connectivity index (χ1n) is 6.77. The van der Waals surface area contributed by atoms with Crippen LogP contribution in [0.5, 0.6) is 0 Å². The Hall–Kier alpha value is -0.910. The lowest BCUT2D eigenvalue weighted by Gasteiger charge is -2.16. The Balaban J connectivity index is 2.04. The smallest absolute Gasteiger partial charge is 0.243 e. The topological polar surface area (TPSA) is 49.4 Å². The summed E-state index contributed by atoms with van der Waals surface area (Å²) in [5.41, 5.74) is 1.18. The molecule has 1 aliphatic rings. The summed E-state index contributed by atoms with van der Waals surface area (Å²) in [6.07, 6.45) is 4.00. The van der Waals surface area contributed by atoms with E-state index >= 15 is 0 Å². The number of nitrogens with one attached hydrogen (secondary N) is 1. The lowest BCUT2D eigenvalue weighted by molar-refractivity contribution is 0.464. The normalized spacial score (nSPS) is 15.9. The van der Waals surface area contributed by atoms with Gasteiger partial charge >= 0.3 is 0 Å². The van der Waals surface area contributed by atoms with Gasteiger partial charge in [-0.1, -0.05) is 12.1 Å². The molecular formula is C14H22N2O2S. The lowest BCUT2D eigenvalue weighted by Crippen LogP contribution is -2.28. The molecule has 0 atom stereocenters. The van der Waals surface area contributed by atoms with Gasteiger partial charge in [-0.2, -0.15) is 4.31 Å². The van der Waals surface area contributed by atoms with Crippen LogP contribution in [-0.4, -0.2) is 39.4 Å². The van der Waals surface area contributed by atoms with Crippen molar-refractivity contribution in [3.05, 3.63) is 29.8 Å². The van der Waals surface area contributed by atoms with E-state index in [1.165, 1.54) is 9.87 Å². The van der Waals surface area contributed by atoms with Crippen molar-refractivity contribution in [2.75, 3.05) is 20.6 Å². The van der Waals surface area contributed by atoms with Gasteiger partial charge in [0.1, 0.15) is 0 Å². The van der Waals surface area contributed by atoms with Gasteiger partial charge in [0.2, 0.25) is 10.0 Å². The highest BCUT2D eigenvalue weighted by atomic mass is 32.2. The number of hydrogen-bond donors (Lipinski definition) is 1. The molecule has 19 heavy (non-hydrogen) atoms. The second kappa shape index (κ2) is 6.03. The van der Waals surface area contributed by atoms with Gasteiger partial charge in [0.05, 0.1) is 4.90 Å². The van der Waals surface area contributed by atoms with Crippen LogP contribution in [0, 0.1) is 0 Å². The average Bonchev–Trinajstić information content (AvgIpc) is 3.23. The molecule has 0 aromatic heterocycles. The third kappa shape index (κ3) is 3.55. The fraction of sp³-hybridized carbons (Fsp3) is 0.571. The van der Waals surface area contributed by atoms with E-state index in [4.69, 9.17) is 0 Å². The summed E-state index contributed by atoms with van der Waals surface area (Å²) in [4.78, 5) is 0.402. The van der Waals surface area contributed by atoms with Crippen molar-refractivity contribution in [3.63, 3.8) is 0 Å². The minimum atomic E-state index is -3.30. The molecule has 0 amide bonds. The third-order valence-electron chi connectivity index (χ3n) is 3.55. The van der Waals surface area contributed by atoms with Gasteiger partial charge in [-0.05, 0) is 57.0 Å². The predicted molar refractivity (Wildman–Crippen MR) is 76.7 cm³/mol. The Labute approximate surface area is 115 Å². The van der Waals surface area contributed by atoms with E-state index in [1.54, 1.807) is 19.2 Å². The third-order valence-corrected chi connectivity index (χ3v) is 5.48. The maximum Gasteiger partial charge on any atom is 0.243 e. The van der Waals surface area contributed by atoms with E-state index in [-0.39, 0.29) is 6.04 Å². The Morgan fingerprint density at radius 2 is 1.89 bits per heavy atom. The summed E-state index contributed by atoms with van der Waals surface area (Å²) < 4.78 is 26.1. The van der Waals surface area contributed by atoms with Gasteiger partial charge in [-0.25, -0.2) is 8.42 Å². The predicted octanol–water partition coefficient (Wildman–Crippen LogP) is 1.62. The van der Waals surface area contributed by atoms with Crippen LogP contribution in [0.4, 0.5) is 0 Å². The fourth-order valence-electron chi connectivity index (χ4n) is 2.10. The molecule has 1 aromatic rings. The van der Waals surface area contributed by atoms with Gasteiger partial charge in [-0.15, -0.1) is 0 Å².